The van der Waals surface area contributed by atoms with Gasteiger partial charge in [0.25, 0.3) is 5.91 Å². The molecule has 0 bridgehead atoms. The molecule has 0 atom stereocenters. The third kappa shape index (κ3) is 3.58. The summed E-state index contributed by atoms with van der Waals surface area (Å²) in [5.74, 6) is -0.465. The Kier molecular flexibility index (Phi) is 4.65. The van der Waals surface area contributed by atoms with Gasteiger partial charge < -0.3 is 10.4 Å². The first kappa shape index (κ1) is 14.6. The smallest absolute Gasteiger partial charge is 0.259 e. The molecule has 6 heteroatoms. The number of nitrogens with one attached hydrogen (secondary N) is 1. The van der Waals surface area contributed by atoms with E-state index in [-0.39, 0.29) is 17.2 Å². The molecule has 98 valence electrons. The molecule has 19 heavy (non-hydrogen) atoms. The van der Waals surface area contributed by atoms with Crippen molar-refractivity contribution in [2.24, 2.45) is 0 Å². The van der Waals surface area contributed by atoms with Crippen molar-refractivity contribution in [1.29, 1.82) is 0 Å². The fourth-order valence-electron chi connectivity index (χ4n) is 1.50. The van der Waals surface area contributed by atoms with Crippen LogP contribution >= 0.6 is 47.8 Å². The van der Waals surface area contributed by atoms with Crippen LogP contribution in [-0.2, 0) is 0 Å². The first-order chi connectivity index (χ1) is 8.97. The van der Waals surface area contributed by atoms with Crippen LogP contribution in [0.4, 0.5) is 5.69 Å². The van der Waals surface area contributed by atoms with Gasteiger partial charge in [0.05, 0.1) is 10.0 Å². The standard InChI is InChI=1S/C13H8Br3NO2/c14-7-2-1-3-9(4-7)17-13(19)10-5-8(15)6-11(16)12(10)18/h1-6,18H,(H,17,19). The van der Waals surface area contributed by atoms with Crippen LogP contribution in [0.3, 0.4) is 0 Å². The maximum absolute atomic E-state index is 12.1. The fraction of sp³-hybridized carbons (Fsp3) is 0. The minimum atomic E-state index is -0.377. The molecule has 0 saturated carbocycles. The van der Waals surface area contributed by atoms with Crippen LogP contribution in [0.25, 0.3) is 0 Å². The Morgan fingerprint density at radius 1 is 1.05 bits per heavy atom. The lowest BCUT2D eigenvalue weighted by Gasteiger charge is -2.09. The topological polar surface area (TPSA) is 49.3 Å². The molecule has 0 unspecified atom stereocenters. The van der Waals surface area contributed by atoms with Gasteiger partial charge in [-0.05, 0) is 46.3 Å². The van der Waals surface area contributed by atoms with Crippen LogP contribution in [0, 0.1) is 0 Å². The van der Waals surface area contributed by atoms with Gasteiger partial charge in [-0.25, -0.2) is 0 Å². The minimum Gasteiger partial charge on any atom is -0.506 e. The molecule has 0 aliphatic rings. The van der Waals surface area contributed by atoms with Gasteiger partial charge >= 0.3 is 0 Å². The van der Waals surface area contributed by atoms with Gasteiger partial charge in [-0.15, -0.1) is 0 Å². The highest BCUT2D eigenvalue weighted by molar-refractivity contribution is 9.11. The molecule has 2 aromatic carbocycles. The number of hydrogen-bond donors (Lipinski definition) is 2. The van der Waals surface area contributed by atoms with Crippen molar-refractivity contribution in [2.45, 2.75) is 0 Å². The second kappa shape index (κ2) is 6.07. The second-order valence-corrected chi connectivity index (χ2v) is 6.43. The molecule has 0 fully saturated rings. The molecule has 1 amide bonds. The van der Waals surface area contributed by atoms with E-state index in [9.17, 15) is 9.90 Å². The highest BCUT2D eigenvalue weighted by Crippen LogP contribution is 2.32. The molecule has 0 saturated heterocycles. The number of aromatic hydroxyl groups is 1. The van der Waals surface area contributed by atoms with E-state index in [1.807, 2.05) is 12.1 Å². The number of amides is 1. The molecule has 0 heterocycles. The van der Waals surface area contributed by atoms with Crippen LogP contribution in [0.2, 0.25) is 0 Å². The first-order valence-corrected chi connectivity index (χ1v) is 7.60. The number of carbonyl (C=O) groups excluding carboxylic acids is 1. The number of benzene rings is 2. The summed E-state index contributed by atoms with van der Waals surface area (Å²) in [5, 5.41) is 12.6. The Labute approximate surface area is 135 Å². The monoisotopic (exact) mass is 447 g/mol. The van der Waals surface area contributed by atoms with Gasteiger partial charge in [-0.3, -0.25) is 4.79 Å². The van der Waals surface area contributed by atoms with Gasteiger partial charge in [0, 0.05) is 14.6 Å². The molecule has 0 spiro atoms. The lowest BCUT2D eigenvalue weighted by molar-refractivity contribution is 0.102. The van der Waals surface area contributed by atoms with Gasteiger partial charge in [0.2, 0.25) is 0 Å². The summed E-state index contributed by atoms with van der Waals surface area (Å²) in [6.45, 7) is 0. The van der Waals surface area contributed by atoms with Crippen molar-refractivity contribution in [3.05, 3.63) is 55.4 Å². The van der Waals surface area contributed by atoms with E-state index in [1.54, 1.807) is 24.3 Å². The van der Waals surface area contributed by atoms with Gasteiger partial charge in [-0.1, -0.05) is 37.9 Å². The van der Waals surface area contributed by atoms with E-state index < -0.39 is 0 Å². The van der Waals surface area contributed by atoms with Gasteiger partial charge in [0.1, 0.15) is 5.75 Å². The van der Waals surface area contributed by atoms with E-state index in [0.29, 0.717) is 14.6 Å². The van der Waals surface area contributed by atoms with Crippen LogP contribution in [0.1, 0.15) is 10.4 Å². The highest BCUT2D eigenvalue weighted by atomic mass is 79.9. The number of anilines is 1. The van der Waals surface area contributed by atoms with Crippen LogP contribution in [0.15, 0.2) is 49.8 Å². The molecule has 0 aliphatic carbocycles. The number of phenols is 1. The van der Waals surface area contributed by atoms with Crippen molar-refractivity contribution in [2.75, 3.05) is 5.32 Å². The Bertz CT molecular complexity index is 644. The third-order valence-corrected chi connectivity index (χ3v) is 3.91. The predicted molar refractivity (Wildman–Crippen MR) is 85.6 cm³/mol. The highest BCUT2D eigenvalue weighted by Gasteiger charge is 2.15. The molecule has 2 N–H and O–H groups in total. The Morgan fingerprint density at radius 3 is 2.47 bits per heavy atom. The van der Waals surface area contributed by atoms with Gasteiger partial charge in [-0.2, -0.15) is 0 Å². The summed E-state index contributed by atoms with van der Waals surface area (Å²) in [7, 11) is 0. The van der Waals surface area contributed by atoms with E-state index in [1.165, 1.54) is 0 Å². The average Bonchev–Trinajstić information content (AvgIpc) is 2.33. The van der Waals surface area contributed by atoms with E-state index in [4.69, 9.17) is 0 Å². The minimum absolute atomic E-state index is 0.0873. The van der Waals surface area contributed by atoms with Crippen LogP contribution in [0.5, 0.6) is 5.75 Å². The number of phenolic OH excluding ortho intramolecular Hbond substituents is 1. The third-order valence-electron chi connectivity index (χ3n) is 2.36. The summed E-state index contributed by atoms with van der Waals surface area (Å²) in [4.78, 5) is 12.1. The summed E-state index contributed by atoms with van der Waals surface area (Å²) in [5.41, 5.74) is 0.844. The quantitative estimate of drug-likeness (QED) is 0.682. The summed E-state index contributed by atoms with van der Waals surface area (Å²) in [6, 6.07) is 10.5. The van der Waals surface area contributed by atoms with Crippen molar-refractivity contribution < 1.29 is 9.90 Å². The molecular weight excluding hydrogens is 442 g/mol. The van der Waals surface area contributed by atoms with Crippen molar-refractivity contribution >= 4 is 59.4 Å². The van der Waals surface area contributed by atoms with E-state index in [0.717, 1.165) is 4.47 Å². The van der Waals surface area contributed by atoms with Crippen molar-refractivity contribution in [3.63, 3.8) is 0 Å². The van der Waals surface area contributed by atoms with Gasteiger partial charge in [0.15, 0.2) is 0 Å². The lowest BCUT2D eigenvalue weighted by atomic mass is 10.2. The summed E-state index contributed by atoms with van der Waals surface area (Å²) < 4.78 is 2.03. The molecular formula is C13H8Br3NO2. The Balaban J connectivity index is 2.30. The molecule has 2 rings (SSSR count). The number of rotatable bonds is 2. The maximum Gasteiger partial charge on any atom is 0.259 e. The van der Waals surface area contributed by atoms with Crippen molar-refractivity contribution in [1.82, 2.24) is 0 Å². The van der Waals surface area contributed by atoms with E-state index >= 15 is 0 Å². The predicted octanol–water partition coefficient (Wildman–Crippen LogP) is 4.93. The molecule has 0 aliphatic heterocycles. The SMILES string of the molecule is O=C(Nc1cccc(Br)c1)c1cc(Br)cc(Br)c1O. The van der Waals surface area contributed by atoms with E-state index in [2.05, 4.69) is 53.1 Å². The Hall–Kier alpha value is -0.850. The molecule has 0 radical (unpaired) electrons. The normalized spacial score (nSPS) is 10.3. The zero-order chi connectivity index (χ0) is 14.0. The molecule has 2 aromatic rings. The number of carbonyl (C=O) groups is 1. The summed E-state index contributed by atoms with van der Waals surface area (Å²) in [6.07, 6.45) is 0. The largest absolute Gasteiger partial charge is 0.506 e. The molecule has 3 nitrogen and oxygen atoms in total. The first-order valence-electron chi connectivity index (χ1n) is 5.22. The van der Waals surface area contributed by atoms with Crippen LogP contribution in [-0.4, -0.2) is 11.0 Å². The van der Waals surface area contributed by atoms with Crippen LogP contribution < -0.4 is 5.32 Å². The second-order valence-electron chi connectivity index (χ2n) is 3.75. The Morgan fingerprint density at radius 2 is 1.79 bits per heavy atom. The number of halogens is 3. The lowest BCUT2D eigenvalue weighted by Crippen LogP contribution is -2.12. The van der Waals surface area contributed by atoms with Crippen molar-refractivity contribution in [3.8, 4) is 5.75 Å². The molecule has 0 aromatic heterocycles. The maximum atomic E-state index is 12.1. The average molecular weight is 450 g/mol. The fourth-order valence-corrected chi connectivity index (χ4v) is 3.13. The summed E-state index contributed by atoms with van der Waals surface area (Å²) >= 11 is 9.81. The zero-order valence-corrected chi connectivity index (χ0v) is 14.2. The zero-order valence-electron chi connectivity index (χ0n) is 9.45. The number of hydrogen-bond acceptors (Lipinski definition) is 2.